The van der Waals surface area contributed by atoms with Crippen LogP contribution in [-0.2, 0) is 22.3 Å². The van der Waals surface area contributed by atoms with Crippen molar-refractivity contribution in [1.29, 1.82) is 0 Å². The number of amides is 1. The topological polar surface area (TPSA) is 38.3 Å². The van der Waals surface area contributed by atoms with E-state index in [9.17, 15) is 18.0 Å². The van der Waals surface area contributed by atoms with Gasteiger partial charge in [-0.3, -0.25) is 4.79 Å². The van der Waals surface area contributed by atoms with E-state index in [2.05, 4.69) is 10.1 Å². The van der Waals surface area contributed by atoms with Gasteiger partial charge in [0.1, 0.15) is 6.61 Å². The summed E-state index contributed by atoms with van der Waals surface area (Å²) in [6.45, 7) is -0.341. The zero-order chi connectivity index (χ0) is 12.9. The Morgan fingerprint density at radius 2 is 2.00 bits per heavy atom. The maximum atomic E-state index is 12.6. The number of rotatable bonds is 4. The summed E-state index contributed by atoms with van der Waals surface area (Å²) in [5.74, 6) is -0.454. The molecule has 0 saturated carbocycles. The Kier molecular flexibility index (Phi) is 4.51. The minimum atomic E-state index is -4.41. The van der Waals surface area contributed by atoms with Gasteiger partial charge < -0.3 is 10.1 Å². The standard InChI is InChI=1S/C11H12F3NO2/c1-17-7-10(16)15-6-8-4-2-3-5-9(8)11(12,13)14/h2-5H,6-7H2,1H3,(H,15,16). The van der Waals surface area contributed by atoms with Crippen molar-refractivity contribution in [1.82, 2.24) is 5.32 Å². The van der Waals surface area contributed by atoms with E-state index in [-0.39, 0.29) is 18.7 Å². The molecule has 0 heterocycles. The van der Waals surface area contributed by atoms with Gasteiger partial charge in [-0.15, -0.1) is 0 Å². The average molecular weight is 247 g/mol. The molecule has 17 heavy (non-hydrogen) atoms. The van der Waals surface area contributed by atoms with Crippen LogP contribution in [0.4, 0.5) is 13.2 Å². The highest BCUT2D eigenvalue weighted by Gasteiger charge is 2.32. The zero-order valence-corrected chi connectivity index (χ0v) is 9.17. The lowest BCUT2D eigenvalue weighted by molar-refractivity contribution is -0.138. The third-order valence-electron chi connectivity index (χ3n) is 2.07. The molecule has 0 spiro atoms. The van der Waals surface area contributed by atoms with Gasteiger partial charge in [-0.1, -0.05) is 18.2 Å². The summed E-state index contributed by atoms with van der Waals surface area (Å²) >= 11 is 0. The molecule has 1 rings (SSSR count). The van der Waals surface area contributed by atoms with Gasteiger partial charge in [0.25, 0.3) is 0 Å². The van der Waals surface area contributed by atoms with Crippen molar-refractivity contribution in [3.8, 4) is 0 Å². The first-order chi connectivity index (χ1) is 7.95. The second-order valence-electron chi connectivity index (χ2n) is 3.36. The SMILES string of the molecule is COCC(=O)NCc1ccccc1C(F)(F)F. The van der Waals surface area contributed by atoms with Crippen LogP contribution >= 0.6 is 0 Å². The van der Waals surface area contributed by atoms with Crippen LogP contribution in [0, 0.1) is 0 Å². The van der Waals surface area contributed by atoms with Gasteiger partial charge in [0.2, 0.25) is 5.91 Å². The molecule has 0 unspecified atom stereocenters. The molecule has 0 atom stereocenters. The van der Waals surface area contributed by atoms with E-state index in [1.807, 2.05) is 0 Å². The molecule has 1 amide bonds. The van der Waals surface area contributed by atoms with E-state index in [1.165, 1.54) is 25.3 Å². The summed E-state index contributed by atoms with van der Waals surface area (Å²) in [5, 5.41) is 2.35. The highest BCUT2D eigenvalue weighted by Crippen LogP contribution is 2.31. The number of methoxy groups -OCH3 is 1. The van der Waals surface area contributed by atoms with Crippen molar-refractivity contribution in [2.24, 2.45) is 0 Å². The molecule has 94 valence electrons. The first kappa shape index (κ1) is 13.5. The minimum absolute atomic E-state index is 0.0319. The lowest BCUT2D eigenvalue weighted by atomic mass is 10.1. The molecule has 0 radical (unpaired) electrons. The molecule has 1 aromatic carbocycles. The molecular formula is C11H12F3NO2. The van der Waals surface area contributed by atoms with Crippen LogP contribution in [-0.4, -0.2) is 19.6 Å². The fourth-order valence-electron chi connectivity index (χ4n) is 1.33. The van der Waals surface area contributed by atoms with E-state index in [1.54, 1.807) is 0 Å². The van der Waals surface area contributed by atoms with E-state index < -0.39 is 17.6 Å². The Morgan fingerprint density at radius 3 is 2.59 bits per heavy atom. The molecule has 1 aromatic rings. The van der Waals surface area contributed by atoms with E-state index in [0.717, 1.165) is 6.07 Å². The van der Waals surface area contributed by atoms with Gasteiger partial charge in [-0.25, -0.2) is 0 Å². The Hall–Kier alpha value is -1.56. The summed E-state index contributed by atoms with van der Waals surface area (Å²) in [6, 6.07) is 5.12. The second-order valence-corrected chi connectivity index (χ2v) is 3.36. The van der Waals surface area contributed by atoms with Gasteiger partial charge >= 0.3 is 6.18 Å². The number of halogens is 3. The minimum Gasteiger partial charge on any atom is -0.375 e. The first-order valence-corrected chi connectivity index (χ1v) is 4.86. The quantitative estimate of drug-likeness (QED) is 0.883. The normalized spacial score (nSPS) is 11.3. The van der Waals surface area contributed by atoms with Gasteiger partial charge in [0.05, 0.1) is 5.56 Å². The molecular weight excluding hydrogens is 235 g/mol. The average Bonchev–Trinajstić information content (AvgIpc) is 2.26. The monoisotopic (exact) mass is 247 g/mol. The van der Waals surface area contributed by atoms with Crippen LogP contribution in [0.5, 0.6) is 0 Å². The molecule has 0 bridgehead atoms. The molecule has 1 N–H and O–H groups in total. The molecule has 6 heteroatoms. The lowest BCUT2D eigenvalue weighted by Crippen LogP contribution is -2.27. The summed E-state index contributed by atoms with van der Waals surface area (Å²) < 4.78 is 42.3. The number of ether oxygens (including phenoxy) is 1. The van der Waals surface area contributed by atoms with Gasteiger partial charge in [-0.05, 0) is 11.6 Å². The maximum Gasteiger partial charge on any atom is 0.416 e. The molecule has 0 aromatic heterocycles. The van der Waals surface area contributed by atoms with E-state index in [0.29, 0.717) is 0 Å². The molecule has 0 fully saturated rings. The largest absolute Gasteiger partial charge is 0.416 e. The van der Waals surface area contributed by atoms with Crippen LogP contribution < -0.4 is 5.32 Å². The Balaban J connectivity index is 2.74. The van der Waals surface area contributed by atoms with Crippen LogP contribution in [0.1, 0.15) is 11.1 Å². The summed E-state index contributed by atoms with van der Waals surface area (Å²) in [7, 11) is 1.34. The fraction of sp³-hybridized carbons (Fsp3) is 0.364. The number of hydrogen-bond acceptors (Lipinski definition) is 2. The second kappa shape index (κ2) is 5.67. The summed E-state index contributed by atoms with van der Waals surface area (Å²) in [5.41, 5.74) is -0.706. The highest BCUT2D eigenvalue weighted by atomic mass is 19.4. The highest BCUT2D eigenvalue weighted by molar-refractivity contribution is 5.77. The third kappa shape index (κ3) is 4.07. The zero-order valence-electron chi connectivity index (χ0n) is 9.17. The number of carbonyl (C=O) groups excluding carboxylic acids is 1. The van der Waals surface area contributed by atoms with Crippen molar-refractivity contribution in [3.05, 3.63) is 35.4 Å². The lowest BCUT2D eigenvalue weighted by Gasteiger charge is -2.13. The summed E-state index contributed by atoms with van der Waals surface area (Å²) in [4.78, 5) is 11.1. The van der Waals surface area contributed by atoms with E-state index in [4.69, 9.17) is 0 Å². The van der Waals surface area contributed by atoms with Gasteiger partial charge in [-0.2, -0.15) is 13.2 Å². The van der Waals surface area contributed by atoms with Gasteiger partial charge in [0.15, 0.2) is 0 Å². The number of hydrogen-bond donors (Lipinski definition) is 1. The third-order valence-corrected chi connectivity index (χ3v) is 2.07. The van der Waals surface area contributed by atoms with Crippen molar-refractivity contribution in [2.45, 2.75) is 12.7 Å². The number of benzene rings is 1. The molecule has 3 nitrogen and oxygen atoms in total. The Morgan fingerprint density at radius 1 is 1.35 bits per heavy atom. The van der Waals surface area contributed by atoms with E-state index >= 15 is 0 Å². The van der Waals surface area contributed by atoms with Gasteiger partial charge in [0, 0.05) is 13.7 Å². The van der Waals surface area contributed by atoms with Crippen molar-refractivity contribution >= 4 is 5.91 Å². The van der Waals surface area contributed by atoms with Crippen molar-refractivity contribution in [3.63, 3.8) is 0 Å². The fourth-order valence-corrected chi connectivity index (χ4v) is 1.33. The Labute approximate surface area is 96.6 Å². The molecule has 0 saturated heterocycles. The summed E-state index contributed by atoms with van der Waals surface area (Å²) in [6.07, 6.45) is -4.41. The number of carbonyl (C=O) groups is 1. The molecule has 0 aliphatic carbocycles. The predicted octanol–water partition coefficient (Wildman–Crippen LogP) is 1.97. The Bertz CT molecular complexity index is 391. The maximum absolute atomic E-state index is 12.6. The number of alkyl halides is 3. The van der Waals surface area contributed by atoms with Crippen LogP contribution in [0.25, 0.3) is 0 Å². The van der Waals surface area contributed by atoms with Crippen molar-refractivity contribution < 1.29 is 22.7 Å². The predicted molar refractivity (Wildman–Crippen MR) is 55.2 cm³/mol. The molecule has 0 aliphatic heterocycles. The molecule has 0 aliphatic rings. The first-order valence-electron chi connectivity index (χ1n) is 4.86. The number of nitrogens with one attached hydrogen (secondary N) is 1. The smallest absolute Gasteiger partial charge is 0.375 e. The van der Waals surface area contributed by atoms with Crippen LogP contribution in [0.2, 0.25) is 0 Å². The van der Waals surface area contributed by atoms with Crippen LogP contribution in [0.3, 0.4) is 0 Å². The van der Waals surface area contributed by atoms with Crippen molar-refractivity contribution in [2.75, 3.05) is 13.7 Å². The van der Waals surface area contributed by atoms with Crippen LogP contribution in [0.15, 0.2) is 24.3 Å².